The van der Waals surface area contributed by atoms with Gasteiger partial charge in [-0.2, -0.15) is 0 Å². The van der Waals surface area contributed by atoms with Crippen molar-refractivity contribution in [3.05, 3.63) is 0 Å². The number of methoxy groups -OCH3 is 1. The largest absolute Gasteiger partial charge is 0.467 e. The summed E-state index contributed by atoms with van der Waals surface area (Å²) < 4.78 is 4.81. The number of amides is 2. The molecular formula is C15H26N2O4. The molecule has 2 N–H and O–H groups in total. The van der Waals surface area contributed by atoms with Gasteiger partial charge in [-0.25, -0.2) is 4.79 Å². The van der Waals surface area contributed by atoms with E-state index in [-0.39, 0.29) is 11.8 Å². The summed E-state index contributed by atoms with van der Waals surface area (Å²) in [6, 6.07) is -0.696. The van der Waals surface area contributed by atoms with Crippen LogP contribution in [0.3, 0.4) is 0 Å². The maximum atomic E-state index is 12.3. The molecule has 0 aliphatic heterocycles. The highest BCUT2D eigenvalue weighted by Gasteiger charge is 2.44. The quantitative estimate of drug-likeness (QED) is 0.762. The van der Waals surface area contributed by atoms with Crippen LogP contribution >= 0.6 is 0 Å². The molecule has 0 aromatic carbocycles. The Balaban J connectivity index is 2.70. The lowest BCUT2D eigenvalue weighted by atomic mass is 9.95. The predicted molar refractivity (Wildman–Crippen MR) is 78.4 cm³/mol. The number of ether oxygens (including phenoxy) is 1. The van der Waals surface area contributed by atoms with Gasteiger partial charge in [0.25, 0.3) is 0 Å². The van der Waals surface area contributed by atoms with E-state index in [2.05, 4.69) is 10.6 Å². The molecule has 0 spiro atoms. The highest BCUT2D eigenvalue weighted by atomic mass is 16.5. The van der Waals surface area contributed by atoms with E-state index >= 15 is 0 Å². The zero-order valence-corrected chi connectivity index (χ0v) is 13.5. The van der Waals surface area contributed by atoms with Crippen molar-refractivity contribution in [1.82, 2.24) is 10.6 Å². The van der Waals surface area contributed by atoms with E-state index in [9.17, 15) is 14.4 Å². The molecule has 1 unspecified atom stereocenters. The molecule has 1 aliphatic rings. The van der Waals surface area contributed by atoms with Crippen molar-refractivity contribution in [2.45, 2.75) is 65.0 Å². The molecule has 2 amide bonds. The van der Waals surface area contributed by atoms with Crippen LogP contribution in [0.1, 0.15) is 53.4 Å². The Labute approximate surface area is 126 Å². The minimum Gasteiger partial charge on any atom is -0.467 e. The first-order valence-corrected chi connectivity index (χ1v) is 7.34. The smallest absolute Gasteiger partial charge is 0.331 e. The first-order chi connectivity index (χ1) is 9.62. The van der Waals surface area contributed by atoms with Crippen LogP contribution in [0.2, 0.25) is 0 Å². The molecular weight excluding hydrogens is 272 g/mol. The van der Waals surface area contributed by atoms with Crippen molar-refractivity contribution in [2.75, 3.05) is 7.11 Å². The molecule has 0 aromatic rings. The lowest BCUT2D eigenvalue weighted by molar-refractivity contribution is -0.151. The molecule has 1 saturated carbocycles. The standard InChI is InChI=1S/C15H26N2O4/c1-10(16-12(19)14(2,3)4)11(18)17-15(13(20)21-5)8-6-7-9-15/h10H,6-9H2,1-5H3,(H,16,19)(H,17,18). The summed E-state index contributed by atoms with van der Waals surface area (Å²) in [6.07, 6.45) is 2.90. The van der Waals surface area contributed by atoms with Gasteiger partial charge >= 0.3 is 5.97 Å². The average Bonchev–Trinajstić information content (AvgIpc) is 2.86. The molecule has 0 heterocycles. The van der Waals surface area contributed by atoms with Crippen LogP contribution in [0, 0.1) is 5.41 Å². The topological polar surface area (TPSA) is 84.5 Å². The van der Waals surface area contributed by atoms with Crippen molar-refractivity contribution in [1.29, 1.82) is 0 Å². The summed E-state index contributed by atoms with van der Waals surface area (Å²) in [5.41, 5.74) is -1.51. The van der Waals surface area contributed by atoms with Gasteiger partial charge in [0.2, 0.25) is 11.8 Å². The van der Waals surface area contributed by atoms with E-state index in [1.165, 1.54) is 7.11 Å². The Kier molecular flexibility index (Phi) is 5.36. The molecule has 1 fully saturated rings. The van der Waals surface area contributed by atoms with Gasteiger partial charge in [0.05, 0.1) is 7.11 Å². The summed E-state index contributed by atoms with van der Waals surface area (Å²) in [4.78, 5) is 36.1. The summed E-state index contributed by atoms with van der Waals surface area (Å²) in [5.74, 6) is -0.980. The second-order valence-corrected chi connectivity index (χ2v) is 6.72. The lowest BCUT2D eigenvalue weighted by Gasteiger charge is -2.29. The molecule has 0 radical (unpaired) electrons. The summed E-state index contributed by atoms with van der Waals surface area (Å²) in [7, 11) is 1.32. The summed E-state index contributed by atoms with van der Waals surface area (Å²) in [6.45, 7) is 6.94. The zero-order valence-electron chi connectivity index (χ0n) is 13.5. The molecule has 0 saturated heterocycles. The second kappa shape index (κ2) is 6.45. The number of carbonyl (C=O) groups excluding carboxylic acids is 3. The van der Waals surface area contributed by atoms with Crippen molar-refractivity contribution in [2.24, 2.45) is 5.41 Å². The third-order valence-electron chi connectivity index (χ3n) is 3.82. The number of rotatable bonds is 4. The molecule has 120 valence electrons. The highest BCUT2D eigenvalue weighted by molar-refractivity contribution is 5.93. The Morgan fingerprint density at radius 3 is 2.10 bits per heavy atom. The number of hydrogen-bond donors (Lipinski definition) is 2. The van der Waals surface area contributed by atoms with Crippen LogP contribution in [0.15, 0.2) is 0 Å². The fourth-order valence-electron chi connectivity index (χ4n) is 2.38. The first-order valence-electron chi connectivity index (χ1n) is 7.34. The van der Waals surface area contributed by atoms with Crippen LogP contribution in [-0.2, 0) is 19.1 Å². The average molecular weight is 298 g/mol. The Morgan fingerprint density at radius 1 is 1.14 bits per heavy atom. The Bertz CT molecular complexity index is 420. The third kappa shape index (κ3) is 4.19. The second-order valence-electron chi connectivity index (χ2n) is 6.72. The lowest BCUT2D eigenvalue weighted by Crippen LogP contribution is -2.58. The third-order valence-corrected chi connectivity index (χ3v) is 3.82. The van der Waals surface area contributed by atoms with Crippen molar-refractivity contribution in [3.8, 4) is 0 Å². The van der Waals surface area contributed by atoms with Gasteiger partial charge in [-0.1, -0.05) is 33.6 Å². The van der Waals surface area contributed by atoms with Crippen LogP contribution in [0.5, 0.6) is 0 Å². The van der Waals surface area contributed by atoms with Crippen molar-refractivity contribution < 1.29 is 19.1 Å². The van der Waals surface area contributed by atoms with Crippen LogP contribution in [0.4, 0.5) is 0 Å². The van der Waals surface area contributed by atoms with Gasteiger partial charge in [-0.15, -0.1) is 0 Å². The normalized spacial score (nSPS) is 18.7. The van der Waals surface area contributed by atoms with Gasteiger partial charge < -0.3 is 15.4 Å². The minimum absolute atomic E-state index is 0.205. The molecule has 21 heavy (non-hydrogen) atoms. The summed E-state index contributed by atoms with van der Waals surface area (Å²) in [5, 5.41) is 5.44. The SMILES string of the molecule is COC(=O)C1(NC(=O)C(C)NC(=O)C(C)(C)C)CCCC1. The van der Waals surface area contributed by atoms with Gasteiger partial charge in [0.1, 0.15) is 11.6 Å². The van der Waals surface area contributed by atoms with E-state index in [4.69, 9.17) is 4.74 Å². The first kappa shape index (κ1) is 17.5. The minimum atomic E-state index is -0.938. The Hall–Kier alpha value is -1.59. The maximum absolute atomic E-state index is 12.3. The fourth-order valence-corrected chi connectivity index (χ4v) is 2.38. The highest BCUT2D eigenvalue weighted by Crippen LogP contribution is 2.30. The van der Waals surface area contributed by atoms with E-state index < -0.39 is 23.0 Å². The zero-order chi connectivity index (χ0) is 16.3. The van der Waals surface area contributed by atoms with E-state index in [1.807, 2.05) is 0 Å². The van der Waals surface area contributed by atoms with Crippen LogP contribution in [0.25, 0.3) is 0 Å². The fraction of sp³-hybridized carbons (Fsp3) is 0.800. The van der Waals surface area contributed by atoms with Gasteiger partial charge in [0.15, 0.2) is 0 Å². The number of hydrogen-bond acceptors (Lipinski definition) is 4. The summed E-state index contributed by atoms with van der Waals surface area (Å²) >= 11 is 0. The van der Waals surface area contributed by atoms with Crippen LogP contribution < -0.4 is 10.6 Å². The van der Waals surface area contributed by atoms with Gasteiger partial charge in [-0.3, -0.25) is 9.59 Å². The number of esters is 1. The van der Waals surface area contributed by atoms with Crippen molar-refractivity contribution >= 4 is 17.8 Å². The molecule has 6 heteroatoms. The molecule has 6 nitrogen and oxygen atoms in total. The maximum Gasteiger partial charge on any atom is 0.331 e. The molecule has 1 atom stereocenters. The van der Waals surface area contributed by atoms with Crippen LogP contribution in [-0.4, -0.2) is 36.5 Å². The molecule has 1 rings (SSSR count). The molecule has 0 bridgehead atoms. The molecule has 0 aromatic heterocycles. The van der Waals surface area contributed by atoms with E-state index in [0.29, 0.717) is 12.8 Å². The number of carbonyl (C=O) groups is 3. The predicted octanol–water partition coefficient (Wildman–Crippen LogP) is 1.14. The van der Waals surface area contributed by atoms with E-state index in [0.717, 1.165) is 12.8 Å². The van der Waals surface area contributed by atoms with Crippen molar-refractivity contribution in [3.63, 3.8) is 0 Å². The van der Waals surface area contributed by atoms with Gasteiger partial charge in [0, 0.05) is 5.41 Å². The monoisotopic (exact) mass is 298 g/mol. The van der Waals surface area contributed by atoms with Gasteiger partial charge in [-0.05, 0) is 19.8 Å². The number of nitrogens with one attached hydrogen (secondary N) is 2. The van der Waals surface area contributed by atoms with E-state index in [1.54, 1.807) is 27.7 Å². The Morgan fingerprint density at radius 2 is 1.67 bits per heavy atom. The molecule has 1 aliphatic carbocycles.